The number of carbonyl (C=O) groups excluding carboxylic acids is 4. The standard InChI is InChI=1S/C26H23ClN2O4.C25H20Cl2N2O3/c1-16-24(25(30)26(31)28-19-8-10-20(32-2)11-9-19)22-14-21(33-3)12-13-23(22)29(16)15-17-4-6-18(27)7-5-17;1-15-23(24(30)25(31)28-19-9-7-18(27)8-10-19)21-13-20(32-2)11-12-22(21)29(15)14-16-3-5-17(26)6-4-16/h4-14H,15H2,1-3H3,(H,28,31);3-13H,14H2,1-2H3,(H,28,31). The Morgan fingerprint density at radius 3 is 1.14 bits per heavy atom. The molecule has 14 heteroatoms. The van der Waals surface area contributed by atoms with Crippen LogP contribution in [0.5, 0.6) is 17.2 Å². The van der Waals surface area contributed by atoms with Gasteiger partial charge in [0.2, 0.25) is 0 Å². The molecule has 8 rings (SSSR count). The molecule has 0 atom stereocenters. The lowest BCUT2D eigenvalue weighted by molar-refractivity contribution is -0.113. The van der Waals surface area contributed by atoms with Crippen LogP contribution in [0, 0.1) is 13.8 Å². The van der Waals surface area contributed by atoms with E-state index in [-0.39, 0.29) is 0 Å². The SMILES string of the molecule is COc1ccc(NC(=O)C(=O)c2c(C)n(Cc3ccc(Cl)cc3)c3ccc(OC)cc23)cc1.COc1ccc2c(c1)c(C(=O)C(=O)Nc1ccc(Cl)cc1)c(C)n2Cc1ccc(Cl)cc1. The van der Waals surface area contributed by atoms with E-state index < -0.39 is 23.4 Å². The minimum absolute atomic E-state index is 0.347. The van der Waals surface area contributed by atoms with Gasteiger partial charge in [0.15, 0.2) is 0 Å². The van der Waals surface area contributed by atoms with Gasteiger partial charge in [-0.05, 0) is 134 Å². The summed E-state index contributed by atoms with van der Waals surface area (Å²) in [5, 5.41) is 8.51. The Labute approximate surface area is 390 Å². The molecule has 65 heavy (non-hydrogen) atoms. The van der Waals surface area contributed by atoms with Gasteiger partial charge in [0.05, 0.1) is 32.5 Å². The topological polar surface area (TPSA) is 130 Å². The predicted molar refractivity (Wildman–Crippen MR) is 258 cm³/mol. The number of anilines is 2. The fraction of sp³-hybridized carbons (Fsp3) is 0.137. The zero-order chi connectivity index (χ0) is 46.4. The monoisotopic (exact) mass is 928 g/mol. The van der Waals surface area contributed by atoms with Crippen LogP contribution in [0.25, 0.3) is 21.8 Å². The lowest BCUT2D eigenvalue weighted by Gasteiger charge is -2.10. The summed E-state index contributed by atoms with van der Waals surface area (Å²) in [4.78, 5) is 52.2. The van der Waals surface area contributed by atoms with Crippen LogP contribution in [0.3, 0.4) is 0 Å². The Balaban J connectivity index is 0.000000194. The molecule has 0 aliphatic rings. The van der Waals surface area contributed by atoms with Crippen LogP contribution >= 0.6 is 34.8 Å². The van der Waals surface area contributed by atoms with E-state index in [1.54, 1.807) is 82.0 Å². The number of Topliss-reactive ketones (excluding diaryl/α,β-unsaturated/α-hetero) is 2. The van der Waals surface area contributed by atoms with Crippen molar-refractivity contribution < 1.29 is 33.4 Å². The van der Waals surface area contributed by atoms with Crippen molar-refractivity contribution in [3.63, 3.8) is 0 Å². The number of ether oxygens (including phenoxy) is 3. The van der Waals surface area contributed by atoms with E-state index in [4.69, 9.17) is 49.0 Å². The molecule has 330 valence electrons. The summed E-state index contributed by atoms with van der Waals surface area (Å²) in [6.07, 6.45) is 0. The van der Waals surface area contributed by atoms with E-state index in [1.807, 2.05) is 95.8 Å². The van der Waals surface area contributed by atoms with Crippen molar-refractivity contribution >= 4 is 91.4 Å². The Kier molecular flexibility index (Phi) is 14.3. The number of nitrogens with zero attached hydrogens (tertiary/aromatic N) is 2. The number of hydrogen-bond acceptors (Lipinski definition) is 7. The second-order valence-electron chi connectivity index (χ2n) is 14.9. The van der Waals surface area contributed by atoms with Gasteiger partial charge in [-0.1, -0.05) is 59.1 Å². The molecule has 0 bridgehead atoms. The minimum atomic E-state index is -0.719. The molecular weight excluding hydrogens is 887 g/mol. The number of fused-ring (bicyclic) bond motifs is 2. The number of rotatable bonds is 13. The number of aromatic nitrogens is 2. The molecule has 11 nitrogen and oxygen atoms in total. The number of benzene rings is 6. The highest BCUT2D eigenvalue weighted by Crippen LogP contribution is 2.33. The number of carbonyl (C=O) groups is 4. The molecule has 0 aliphatic heterocycles. The third kappa shape index (κ3) is 10.3. The number of halogens is 3. The zero-order valence-corrected chi connectivity index (χ0v) is 38.3. The second kappa shape index (κ2) is 20.2. The van der Waals surface area contributed by atoms with E-state index in [0.717, 1.165) is 22.2 Å². The Morgan fingerprint density at radius 2 is 0.785 bits per heavy atom. The Morgan fingerprint density at radius 1 is 0.462 bits per heavy atom. The summed E-state index contributed by atoms with van der Waals surface area (Å²) >= 11 is 17.9. The number of amides is 2. The maximum Gasteiger partial charge on any atom is 0.296 e. The first-order chi connectivity index (χ1) is 31.3. The van der Waals surface area contributed by atoms with Crippen molar-refractivity contribution in [2.75, 3.05) is 32.0 Å². The maximum atomic E-state index is 13.3. The van der Waals surface area contributed by atoms with Crippen LogP contribution < -0.4 is 24.8 Å². The van der Waals surface area contributed by atoms with Crippen LogP contribution in [0.2, 0.25) is 15.1 Å². The van der Waals surface area contributed by atoms with Crippen molar-refractivity contribution in [1.29, 1.82) is 0 Å². The summed E-state index contributed by atoms with van der Waals surface area (Å²) in [5.41, 5.74) is 6.81. The molecule has 0 radical (unpaired) electrons. The average Bonchev–Trinajstić information content (AvgIpc) is 3.75. The minimum Gasteiger partial charge on any atom is -0.497 e. The molecule has 0 spiro atoms. The van der Waals surface area contributed by atoms with Gasteiger partial charge < -0.3 is 34.0 Å². The van der Waals surface area contributed by atoms with Gasteiger partial charge in [0, 0.05) is 72.7 Å². The van der Waals surface area contributed by atoms with Gasteiger partial charge in [0.25, 0.3) is 23.4 Å². The lowest BCUT2D eigenvalue weighted by atomic mass is 10.1. The average molecular weight is 930 g/mol. The highest BCUT2D eigenvalue weighted by atomic mass is 35.5. The van der Waals surface area contributed by atoms with E-state index in [2.05, 4.69) is 10.6 Å². The summed E-state index contributed by atoms with van der Waals surface area (Å²) in [5.74, 6) is -0.793. The molecule has 2 aromatic heterocycles. The first-order valence-electron chi connectivity index (χ1n) is 20.2. The quantitative estimate of drug-likeness (QED) is 0.0870. The highest BCUT2D eigenvalue weighted by Gasteiger charge is 2.27. The molecule has 2 N–H and O–H groups in total. The molecule has 0 fully saturated rings. The Hall–Kier alpha value is -7.05. The normalized spacial score (nSPS) is 10.8. The highest BCUT2D eigenvalue weighted by molar-refractivity contribution is 6.49. The number of hydrogen-bond donors (Lipinski definition) is 2. The van der Waals surface area contributed by atoms with Gasteiger partial charge in [-0.15, -0.1) is 0 Å². The second-order valence-corrected chi connectivity index (χ2v) is 16.2. The van der Waals surface area contributed by atoms with Crippen LogP contribution in [-0.4, -0.2) is 53.8 Å². The number of ketones is 2. The van der Waals surface area contributed by atoms with E-state index in [9.17, 15) is 19.2 Å². The number of nitrogens with one attached hydrogen (secondary N) is 2. The van der Waals surface area contributed by atoms with Crippen molar-refractivity contribution in [3.05, 3.63) is 182 Å². The number of methoxy groups -OCH3 is 3. The summed E-state index contributed by atoms with van der Waals surface area (Å²) in [6, 6.07) is 39.5. The van der Waals surface area contributed by atoms with Crippen LogP contribution in [0.15, 0.2) is 133 Å². The van der Waals surface area contributed by atoms with Crippen LogP contribution in [0.4, 0.5) is 11.4 Å². The third-order valence-electron chi connectivity index (χ3n) is 10.9. The van der Waals surface area contributed by atoms with Gasteiger partial charge in [-0.25, -0.2) is 0 Å². The van der Waals surface area contributed by atoms with E-state index in [0.29, 0.717) is 90.1 Å². The molecular formula is C51H43Cl3N4O7. The Bertz CT molecular complexity index is 3050. The van der Waals surface area contributed by atoms with E-state index in [1.165, 1.54) is 0 Å². The largest absolute Gasteiger partial charge is 0.497 e. The van der Waals surface area contributed by atoms with Gasteiger partial charge in [-0.3, -0.25) is 19.2 Å². The summed E-state index contributed by atoms with van der Waals surface area (Å²) in [6.45, 7) is 4.73. The summed E-state index contributed by atoms with van der Waals surface area (Å²) < 4.78 is 19.9. The van der Waals surface area contributed by atoms with Crippen molar-refractivity contribution in [3.8, 4) is 17.2 Å². The van der Waals surface area contributed by atoms with Crippen LogP contribution in [0.1, 0.15) is 43.2 Å². The summed E-state index contributed by atoms with van der Waals surface area (Å²) in [7, 11) is 4.69. The molecule has 0 saturated heterocycles. The van der Waals surface area contributed by atoms with E-state index >= 15 is 0 Å². The first-order valence-corrected chi connectivity index (χ1v) is 21.3. The van der Waals surface area contributed by atoms with Crippen molar-refractivity contribution in [2.24, 2.45) is 0 Å². The van der Waals surface area contributed by atoms with Crippen LogP contribution in [-0.2, 0) is 22.7 Å². The lowest BCUT2D eigenvalue weighted by Crippen LogP contribution is -2.23. The molecule has 0 aliphatic carbocycles. The zero-order valence-electron chi connectivity index (χ0n) is 36.0. The molecule has 0 unspecified atom stereocenters. The fourth-order valence-corrected chi connectivity index (χ4v) is 7.89. The molecule has 0 saturated carbocycles. The van der Waals surface area contributed by atoms with Crippen molar-refractivity contribution in [2.45, 2.75) is 26.9 Å². The molecule has 6 aromatic carbocycles. The van der Waals surface area contributed by atoms with Gasteiger partial charge >= 0.3 is 0 Å². The molecule has 2 heterocycles. The smallest absolute Gasteiger partial charge is 0.296 e. The predicted octanol–water partition coefficient (Wildman–Crippen LogP) is 11.6. The van der Waals surface area contributed by atoms with Crippen molar-refractivity contribution in [1.82, 2.24) is 9.13 Å². The fourth-order valence-electron chi connectivity index (χ4n) is 7.51. The molecule has 8 aromatic rings. The maximum absolute atomic E-state index is 13.3. The third-order valence-corrected chi connectivity index (χ3v) is 11.6. The van der Waals surface area contributed by atoms with Gasteiger partial charge in [-0.2, -0.15) is 0 Å². The van der Waals surface area contributed by atoms with Gasteiger partial charge in [0.1, 0.15) is 17.2 Å². The first kappa shape index (κ1) is 46.0. The molecule has 2 amide bonds.